The first-order valence-corrected chi connectivity index (χ1v) is 6.42. The molecule has 2 aliphatic carbocycles. The third kappa shape index (κ3) is 3.58. The van der Waals surface area contributed by atoms with Crippen LogP contribution in [0.1, 0.15) is 38.5 Å². The second kappa shape index (κ2) is 5.34. The van der Waals surface area contributed by atoms with Crippen molar-refractivity contribution < 1.29 is 9.59 Å². The summed E-state index contributed by atoms with van der Waals surface area (Å²) in [4.78, 5) is 23.1. The van der Waals surface area contributed by atoms with E-state index in [1.807, 2.05) is 0 Å². The Hall–Kier alpha value is -1.32. The average molecular weight is 236 g/mol. The first kappa shape index (κ1) is 12.1. The van der Waals surface area contributed by atoms with E-state index in [0.29, 0.717) is 6.04 Å². The van der Waals surface area contributed by atoms with E-state index in [1.54, 1.807) is 0 Å². The maximum Gasteiger partial charge on any atom is 0.243 e. The third-order valence-corrected chi connectivity index (χ3v) is 3.50. The summed E-state index contributed by atoms with van der Waals surface area (Å²) in [5.74, 6) is 0.0998. The average Bonchev–Trinajstić information content (AvgIpc) is 3.13. The predicted molar refractivity (Wildman–Crippen MR) is 65.3 cm³/mol. The van der Waals surface area contributed by atoms with Gasteiger partial charge >= 0.3 is 0 Å². The van der Waals surface area contributed by atoms with Gasteiger partial charge in [-0.05, 0) is 38.2 Å². The summed E-state index contributed by atoms with van der Waals surface area (Å²) < 4.78 is 0. The Kier molecular flexibility index (Phi) is 3.82. The lowest BCUT2D eigenvalue weighted by atomic mass is 9.85. The minimum Gasteiger partial charge on any atom is -0.353 e. The van der Waals surface area contributed by atoms with Crippen molar-refractivity contribution in [2.24, 2.45) is 5.92 Å². The van der Waals surface area contributed by atoms with Crippen molar-refractivity contribution >= 4 is 11.8 Å². The van der Waals surface area contributed by atoms with Crippen LogP contribution in [-0.4, -0.2) is 23.9 Å². The van der Waals surface area contributed by atoms with Gasteiger partial charge in [-0.2, -0.15) is 0 Å². The number of carbonyl (C=O) groups is 2. The van der Waals surface area contributed by atoms with Crippen LogP contribution < -0.4 is 10.6 Å². The molecule has 2 N–H and O–H groups in total. The highest BCUT2D eigenvalue weighted by Gasteiger charge is 2.31. The van der Waals surface area contributed by atoms with Crippen molar-refractivity contribution in [1.82, 2.24) is 10.6 Å². The summed E-state index contributed by atoms with van der Waals surface area (Å²) in [5.41, 5.74) is 0. The second-order valence-corrected chi connectivity index (χ2v) is 5.06. The topological polar surface area (TPSA) is 58.2 Å². The van der Waals surface area contributed by atoms with Crippen molar-refractivity contribution in [2.75, 3.05) is 0 Å². The van der Waals surface area contributed by atoms with Crippen LogP contribution in [0.4, 0.5) is 0 Å². The number of nitrogens with one attached hydrogen (secondary N) is 2. The van der Waals surface area contributed by atoms with Gasteiger partial charge in [-0.15, -0.1) is 0 Å². The van der Waals surface area contributed by atoms with Crippen molar-refractivity contribution in [3.63, 3.8) is 0 Å². The molecule has 0 aliphatic heterocycles. The number of hydrogen-bond acceptors (Lipinski definition) is 2. The lowest BCUT2D eigenvalue weighted by Gasteiger charge is -2.28. The van der Waals surface area contributed by atoms with Crippen LogP contribution in [0.2, 0.25) is 0 Å². The fourth-order valence-electron chi connectivity index (χ4n) is 2.37. The van der Waals surface area contributed by atoms with Crippen LogP contribution in [0.3, 0.4) is 0 Å². The summed E-state index contributed by atoms with van der Waals surface area (Å²) in [6, 6.07) is 0.551. The third-order valence-electron chi connectivity index (χ3n) is 3.50. The van der Waals surface area contributed by atoms with Crippen LogP contribution in [0.15, 0.2) is 12.7 Å². The van der Waals surface area contributed by atoms with Gasteiger partial charge in [0.1, 0.15) is 0 Å². The molecule has 94 valence electrons. The zero-order chi connectivity index (χ0) is 12.3. The number of hydrogen-bond donors (Lipinski definition) is 2. The summed E-state index contributed by atoms with van der Waals surface area (Å²) in [7, 11) is 0. The SMILES string of the molecule is C=CC(=O)N[C@@H]1CCC[C@H](C(=O)NC2CC2)C1. The van der Waals surface area contributed by atoms with Crippen LogP contribution in [-0.2, 0) is 9.59 Å². The number of carbonyl (C=O) groups excluding carboxylic acids is 2. The molecule has 0 spiro atoms. The van der Waals surface area contributed by atoms with E-state index >= 15 is 0 Å². The predicted octanol–water partition coefficient (Wildman–Crippen LogP) is 1.13. The van der Waals surface area contributed by atoms with Crippen LogP contribution in [0, 0.1) is 5.92 Å². The highest BCUT2D eigenvalue weighted by molar-refractivity contribution is 5.87. The molecule has 0 aromatic carbocycles. The summed E-state index contributed by atoms with van der Waals surface area (Å²) in [5, 5.41) is 5.92. The van der Waals surface area contributed by atoms with Gasteiger partial charge in [-0.25, -0.2) is 0 Å². The summed E-state index contributed by atoms with van der Waals surface area (Å²) >= 11 is 0. The molecule has 2 fully saturated rings. The molecule has 2 rings (SSSR count). The Morgan fingerprint density at radius 3 is 2.47 bits per heavy atom. The summed E-state index contributed by atoms with van der Waals surface area (Å²) in [6.07, 6.45) is 7.20. The van der Waals surface area contributed by atoms with Crippen molar-refractivity contribution in [3.8, 4) is 0 Å². The Morgan fingerprint density at radius 1 is 1.06 bits per heavy atom. The number of rotatable bonds is 4. The minimum absolute atomic E-state index is 0.0689. The normalized spacial score (nSPS) is 28.2. The molecule has 0 heterocycles. The molecule has 0 bridgehead atoms. The molecule has 4 nitrogen and oxygen atoms in total. The van der Waals surface area contributed by atoms with Crippen LogP contribution in [0.5, 0.6) is 0 Å². The maximum absolute atomic E-state index is 11.9. The molecule has 4 heteroatoms. The van der Waals surface area contributed by atoms with E-state index in [1.165, 1.54) is 6.08 Å². The van der Waals surface area contributed by atoms with E-state index in [-0.39, 0.29) is 23.8 Å². The molecule has 0 unspecified atom stereocenters. The van der Waals surface area contributed by atoms with Gasteiger partial charge < -0.3 is 10.6 Å². The Labute approximate surface area is 102 Å². The van der Waals surface area contributed by atoms with E-state index in [0.717, 1.165) is 38.5 Å². The lowest BCUT2D eigenvalue weighted by Crippen LogP contribution is -2.42. The zero-order valence-corrected chi connectivity index (χ0v) is 10.1. The van der Waals surface area contributed by atoms with Gasteiger partial charge in [-0.1, -0.05) is 13.0 Å². The minimum atomic E-state index is -0.141. The maximum atomic E-state index is 11.9. The molecule has 2 aliphatic rings. The summed E-state index contributed by atoms with van der Waals surface area (Å²) in [6.45, 7) is 3.44. The molecular formula is C13H20N2O2. The first-order chi connectivity index (χ1) is 8.19. The Balaban J connectivity index is 1.80. The highest BCUT2D eigenvalue weighted by Crippen LogP contribution is 2.26. The molecule has 2 atom stereocenters. The molecular weight excluding hydrogens is 216 g/mol. The van der Waals surface area contributed by atoms with Crippen LogP contribution >= 0.6 is 0 Å². The lowest BCUT2D eigenvalue weighted by molar-refractivity contribution is -0.127. The van der Waals surface area contributed by atoms with Gasteiger partial charge in [-0.3, -0.25) is 9.59 Å². The quantitative estimate of drug-likeness (QED) is 0.719. The monoisotopic (exact) mass is 236 g/mol. The van der Waals surface area contributed by atoms with Gasteiger partial charge in [0.25, 0.3) is 0 Å². The molecule has 0 aromatic rings. The van der Waals surface area contributed by atoms with E-state index < -0.39 is 0 Å². The zero-order valence-electron chi connectivity index (χ0n) is 10.1. The standard InChI is InChI=1S/C13H20N2O2/c1-2-12(16)14-11-5-3-4-9(8-11)13(17)15-10-6-7-10/h2,9-11H,1,3-8H2,(H,14,16)(H,15,17)/t9-,11+/m0/s1. The fourth-order valence-corrected chi connectivity index (χ4v) is 2.37. The Morgan fingerprint density at radius 2 is 1.82 bits per heavy atom. The van der Waals surface area contributed by atoms with Crippen molar-refractivity contribution in [2.45, 2.75) is 50.6 Å². The van der Waals surface area contributed by atoms with Crippen molar-refractivity contribution in [3.05, 3.63) is 12.7 Å². The molecule has 0 radical (unpaired) electrons. The molecule has 17 heavy (non-hydrogen) atoms. The number of amides is 2. The van der Waals surface area contributed by atoms with E-state index in [4.69, 9.17) is 0 Å². The molecule has 2 saturated carbocycles. The van der Waals surface area contributed by atoms with E-state index in [9.17, 15) is 9.59 Å². The van der Waals surface area contributed by atoms with E-state index in [2.05, 4.69) is 17.2 Å². The fraction of sp³-hybridized carbons (Fsp3) is 0.692. The molecule has 2 amide bonds. The van der Waals surface area contributed by atoms with Gasteiger partial charge in [0.05, 0.1) is 0 Å². The smallest absolute Gasteiger partial charge is 0.243 e. The van der Waals surface area contributed by atoms with Crippen molar-refractivity contribution in [1.29, 1.82) is 0 Å². The van der Waals surface area contributed by atoms with Gasteiger partial charge in [0.15, 0.2) is 0 Å². The molecule has 0 saturated heterocycles. The Bertz CT molecular complexity index is 323. The largest absolute Gasteiger partial charge is 0.353 e. The first-order valence-electron chi connectivity index (χ1n) is 6.42. The van der Waals surface area contributed by atoms with Gasteiger partial charge in [0, 0.05) is 18.0 Å². The van der Waals surface area contributed by atoms with Gasteiger partial charge in [0.2, 0.25) is 11.8 Å². The van der Waals surface area contributed by atoms with Crippen LogP contribution in [0.25, 0.3) is 0 Å². The molecule has 0 aromatic heterocycles. The highest BCUT2D eigenvalue weighted by atomic mass is 16.2. The second-order valence-electron chi connectivity index (χ2n) is 5.06.